The van der Waals surface area contributed by atoms with E-state index in [0.717, 1.165) is 18.5 Å². The number of pyridine rings is 2. The summed E-state index contributed by atoms with van der Waals surface area (Å²) in [6, 6.07) is 10.6. The van der Waals surface area contributed by atoms with Gasteiger partial charge in [0.15, 0.2) is 0 Å². The molecule has 1 atom stereocenters. The molecule has 20 heavy (non-hydrogen) atoms. The maximum Gasteiger partial charge on any atom is 0.0605 e. The number of aromatic nitrogens is 2. The van der Waals surface area contributed by atoms with Gasteiger partial charge in [0.2, 0.25) is 0 Å². The minimum Gasteiger partial charge on any atom is -0.298 e. The maximum atomic E-state index is 4.60. The summed E-state index contributed by atoms with van der Waals surface area (Å²) in [5.41, 5.74) is 3.51. The van der Waals surface area contributed by atoms with Crippen LogP contribution in [-0.4, -0.2) is 9.97 Å². The van der Waals surface area contributed by atoms with E-state index < -0.39 is 0 Å². The molecule has 1 aliphatic carbocycles. The topological polar surface area (TPSA) is 37.8 Å². The molecule has 2 aromatic heterocycles. The van der Waals surface area contributed by atoms with Crippen molar-refractivity contribution < 1.29 is 0 Å². The Morgan fingerprint density at radius 2 is 1.95 bits per heavy atom. The molecule has 0 aliphatic heterocycles. The van der Waals surface area contributed by atoms with E-state index in [1.807, 2.05) is 30.6 Å². The van der Waals surface area contributed by atoms with Crippen LogP contribution in [0.5, 0.6) is 0 Å². The summed E-state index contributed by atoms with van der Waals surface area (Å²) in [6.45, 7) is 4.37. The van der Waals surface area contributed by atoms with Crippen LogP contribution in [-0.2, 0) is 12.0 Å². The van der Waals surface area contributed by atoms with Gasteiger partial charge in [0.25, 0.3) is 0 Å². The fourth-order valence-corrected chi connectivity index (χ4v) is 2.99. The monoisotopic (exact) mass is 267 g/mol. The second-order valence-corrected chi connectivity index (χ2v) is 5.98. The van der Waals surface area contributed by atoms with Crippen LogP contribution in [0.25, 0.3) is 0 Å². The zero-order valence-electron chi connectivity index (χ0n) is 12.1. The first-order chi connectivity index (χ1) is 9.67. The molecule has 2 aromatic rings. The van der Waals surface area contributed by atoms with E-state index in [-0.39, 0.29) is 5.54 Å². The number of hydrogen-bond acceptors (Lipinski definition) is 3. The Hall–Kier alpha value is -1.74. The fourth-order valence-electron chi connectivity index (χ4n) is 2.99. The van der Waals surface area contributed by atoms with Gasteiger partial charge in [-0.25, -0.2) is 0 Å². The normalized spacial score (nSPS) is 18.6. The quantitative estimate of drug-likeness (QED) is 0.926. The van der Waals surface area contributed by atoms with Gasteiger partial charge in [-0.15, -0.1) is 0 Å². The molecule has 0 radical (unpaired) electrons. The Bertz CT molecular complexity index is 578. The molecule has 1 unspecified atom stereocenters. The zero-order valence-corrected chi connectivity index (χ0v) is 12.1. The van der Waals surface area contributed by atoms with Gasteiger partial charge in [-0.1, -0.05) is 12.1 Å². The molecule has 3 heteroatoms. The molecule has 104 valence electrons. The molecule has 1 aliphatic rings. The molecular weight excluding hydrogens is 246 g/mol. The molecule has 0 saturated carbocycles. The predicted octanol–water partition coefficient (Wildman–Crippen LogP) is 3.38. The van der Waals surface area contributed by atoms with Crippen LogP contribution in [0.2, 0.25) is 0 Å². The van der Waals surface area contributed by atoms with Gasteiger partial charge in [-0.05, 0) is 56.9 Å². The molecule has 0 saturated heterocycles. The second kappa shape index (κ2) is 5.33. The van der Waals surface area contributed by atoms with Gasteiger partial charge in [0, 0.05) is 12.4 Å². The summed E-state index contributed by atoms with van der Waals surface area (Å²) in [5.74, 6) is 0. The van der Waals surface area contributed by atoms with Gasteiger partial charge in [-0.2, -0.15) is 0 Å². The first-order valence-corrected chi connectivity index (χ1v) is 7.30. The molecule has 0 bridgehead atoms. The van der Waals surface area contributed by atoms with E-state index in [1.54, 1.807) is 0 Å². The lowest BCUT2D eigenvalue weighted by molar-refractivity contribution is 0.308. The lowest BCUT2D eigenvalue weighted by Crippen LogP contribution is -2.41. The molecular formula is C17H21N3. The van der Waals surface area contributed by atoms with Gasteiger partial charge in [-0.3, -0.25) is 15.3 Å². The number of fused-ring (bicyclic) bond motifs is 1. The van der Waals surface area contributed by atoms with E-state index in [1.165, 1.54) is 17.7 Å². The van der Waals surface area contributed by atoms with Crippen LogP contribution < -0.4 is 5.32 Å². The summed E-state index contributed by atoms with van der Waals surface area (Å²) >= 11 is 0. The fraction of sp³-hybridized carbons (Fsp3) is 0.412. The van der Waals surface area contributed by atoms with Crippen LogP contribution in [0.15, 0.2) is 42.7 Å². The summed E-state index contributed by atoms with van der Waals surface area (Å²) in [6.07, 6.45) is 7.25. The molecule has 0 spiro atoms. The molecule has 0 fully saturated rings. The Labute approximate surface area is 120 Å². The van der Waals surface area contributed by atoms with Crippen LogP contribution >= 0.6 is 0 Å². The smallest absolute Gasteiger partial charge is 0.0605 e. The van der Waals surface area contributed by atoms with Crippen LogP contribution in [0.3, 0.4) is 0 Å². The van der Waals surface area contributed by atoms with Crippen molar-refractivity contribution in [1.29, 1.82) is 0 Å². The second-order valence-electron chi connectivity index (χ2n) is 5.98. The number of rotatable bonds is 3. The van der Waals surface area contributed by atoms with Crippen molar-refractivity contribution in [2.24, 2.45) is 0 Å². The largest absolute Gasteiger partial charge is 0.298 e. The minimum atomic E-state index is -0.155. The summed E-state index contributed by atoms with van der Waals surface area (Å²) < 4.78 is 0. The van der Waals surface area contributed by atoms with Crippen molar-refractivity contribution in [1.82, 2.24) is 15.3 Å². The first kappa shape index (κ1) is 13.3. The van der Waals surface area contributed by atoms with Gasteiger partial charge in [0.1, 0.15) is 0 Å². The SMILES string of the molecule is CC(C)(NC1CCCc2cccnc21)c1ccccn1. The number of nitrogens with zero attached hydrogens (tertiary/aromatic N) is 2. The van der Waals surface area contributed by atoms with Crippen molar-refractivity contribution in [3.05, 3.63) is 59.7 Å². The van der Waals surface area contributed by atoms with Gasteiger partial charge in [0.05, 0.1) is 23.0 Å². The summed E-state index contributed by atoms with van der Waals surface area (Å²) in [7, 11) is 0. The lowest BCUT2D eigenvalue weighted by Gasteiger charge is -2.34. The molecule has 2 heterocycles. The number of nitrogens with one attached hydrogen (secondary N) is 1. The highest BCUT2D eigenvalue weighted by Gasteiger charge is 2.29. The third kappa shape index (κ3) is 2.59. The van der Waals surface area contributed by atoms with Crippen LogP contribution in [0, 0.1) is 0 Å². The number of hydrogen-bond donors (Lipinski definition) is 1. The van der Waals surface area contributed by atoms with Crippen molar-refractivity contribution in [3.8, 4) is 0 Å². The van der Waals surface area contributed by atoms with Crippen LogP contribution in [0.4, 0.5) is 0 Å². The minimum absolute atomic E-state index is 0.155. The maximum absolute atomic E-state index is 4.60. The van der Waals surface area contributed by atoms with Crippen molar-refractivity contribution in [3.63, 3.8) is 0 Å². The van der Waals surface area contributed by atoms with Gasteiger partial charge < -0.3 is 0 Å². The molecule has 3 rings (SSSR count). The third-order valence-electron chi connectivity index (χ3n) is 4.04. The van der Waals surface area contributed by atoms with Crippen molar-refractivity contribution >= 4 is 0 Å². The highest BCUT2D eigenvalue weighted by atomic mass is 15.0. The van der Waals surface area contributed by atoms with E-state index in [4.69, 9.17) is 0 Å². The van der Waals surface area contributed by atoms with E-state index in [2.05, 4.69) is 41.3 Å². The lowest BCUT2D eigenvalue weighted by atomic mass is 9.89. The molecule has 0 amide bonds. The zero-order chi connectivity index (χ0) is 14.0. The Balaban J connectivity index is 1.85. The number of aryl methyl sites for hydroxylation is 1. The molecule has 1 N–H and O–H groups in total. The summed E-state index contributed by atoms with van der Waals surface area (Å²) in [4.78, 5) is 9.08. The van der Waals surface area contributed by atoms with Crippen molar-refractivity contribution in [2.75, 3.05) is 0 Å². The Morgan fingerprint density at radius 1 is 1.10 bits per heavy atom. The van der Waals surface area contributed by atoms with E-state index in [9.17, 15) is 0 Å². The third-order valence-corrected chi connectivity index (χ3v) is 4.04. The average molecular weight is 267 g/mol. The molecule has 0 aromatic carbocycles. The predicted molar refractivity (Wildman–Crippen MR) is 80.3 cm³/mol. The van der Waals surface area contributed by atoms with Crippen molar-refractivity contribution in [2.45, 2.75) is 44.7 Å². The van der Waals surface area contributed by atoms with E-state index >= 15 is 0 Å². The van der Waals surface area contributed by atoms with Gasteiger partial charge >= 0.3 is 0 Å². The van der Waals surface area contributed by atoms with Crippen LogP contribution in [0.1, 0.15) is 49.7 Å². The standard InChI is InChI=1S/C17H21N3/c1-17(2,15-10-3-4-11-18-15)20-14-9-5-7-13-8-6-12-19-16(13)14/h3-4,6,8,10-12,14,20H,5,7,9H2,1-2H3. The Kier molecular flexibility index (Phi) is 3.53. The van der Waals surface area contributed by atoms with E-state index in [0.29, 0.717) is 6.04 Å². The highest BCUT2D eigenvalue weighted by Crippen LogP contribution is 2.31. The highest BCUT2D eigenvalue weighted by molar-refractivity contribution is 5.26. The summed E-state index contributed by atoms with van der Waals surface area (Å²) in [5, 5.41) is 3.74. The molecule has 3 nitrogen and oxygen atoms in total. The average Bonchev–Trinajstić information content (AvgIpc) is 2.48. The Morgan fingerprint density at radius 3 is 2.75 bits per heavy atom. The first-order valence-electron chi connectivity index (χ1n) is 7.30.